The molecule has 0 N–H and O–H groups in total. The van der Waals surface area contributed by atoms with Crippen LogP contribution in [-0.2, 0) is 0 Å². The van der Waals surface area contributed by atoms with Crippen LogP contribution in [0.15, 0.2) is 18.2 Å². The molecule has 0 radical (unpaired) electrons. The average molecular weight is 301 g/mol. The molecule has 0 spiro atoms. The molecular formula is C14H18Cl2N2O. The minimum atomic E-state index is 0.0314. The Kier molecular flexibility index (Phi) is 4.85. The maximum Gasteiger partial charge on any atom is 0.178 e. The van der Waals surface area contributed by atoms with Gasteiger partial charge in [-0.2, -0.15) is 0 Å². The number of hydrogen-bond acceptors (Lipinski definition) is 3. The molecule has 1 aromatic carbocycles. The fourth-order valence-corrected chi connectivity index (χ4v) is 2.79. The quantitative estimate of drug-likeness (QED) is 0.802. The van der Waals surface area contributed by atoms with Crippen LogP contribution in [0.5, 0.6) is 0 Å². The highest BCUT2D eigenvalue weighted by Crippen LogP contribution is 2.22. The zero-order chi connectivity index (χ0) is 14.0. The van der Waals surface area contributed by atoms with Crippen LogP contribution in [-0.4, -0.2) is 54.9 Å². The molecule has 0 saturated carbocycles. The number of halogens is 2. The average Bonchev–Trinajstić information content (AvgIpc) is 2.35. The second-order valence-electron chi connectivity index (χ2n) is 5.13. The summed E-state index contributed by atoms with van der Waals surface area (Å²) in [5, 5.41) is 1.01. The number of piperazine rings is 1. The molecule has 2 rings (SSSR count). The monoisotopic (exact) mass is 300 g/mol. The summed E-state index contributed by atoms with van der Waals surface area (Å²) in [5.74, 6) is 0.0314. The van der Waals surface area contributed by atoms with E-state index in [-0.39, 0.29) is 5.78 Å². The largest absolute Gasteiger partial charge is 0.304 e. The van der Waals surface area contributed by atoms with Crippen molar-refractivity contribution in [3.05, 3.63) is 33.8 Å². The van der Waals surface area contributed by atoms with Gasteiger partial charge in [-0.1, -0.05) is 23.2 Å². The first-order chi connectivity index (χ1) is 8.97. The molecule has 19 heavy (non-hydrogen) atoms. The van der Waals surface area contributed by atoms with Gasteiger partial charge in [-0.25, -0.2) is 0 Å². The van der Waals surface area contributed by atoms with E-state index in [1.165, 1.54) is 0 Å². The highest BCUT2D eigenvalue weighted by Gasteiger charge is 2.24. The standard InChI is InChI=1S/C14H18Cl2N2O/c1-10-8-17(2)5-6-18(10)9-14(19)12-7-11(15)3-4-13(12)16/h3-4,7,10H,5-6,8-9H2,1-2H3. The van der Waals surface area contributed by atoms with E-state index in [2.05, 4.69) is 23.8 Å². The lowest BCUT2D eigenvalue weighted by atomic mass is 10.1. The third kappa shape index (κ3) is 3.69. The summed E-state index contributed by atoms with van der Waals surface area (Å²) in [6.07, 6.45) is 0. The van der Waals surface area contributed by atoms with Crippen LogP contribution in [0.3, 0.4) is 0 Å². The second-order valence-corrected chi connectivity index (χ2v) is 5.97. The maximum absolute atomic E-state index is 12.3. The maximum atomic E-state index is 12.3. The lowest BCUT2D eigenvalue weighted by Crippen LogP contribution is -2.51. The predicted octanol–water partition coefficient (Wildman–Crippen LogP) is 2.81. The number of likely N-dealkylation sites (N-methyl/N-ethyl adjacent to an activating group) is 1. The van der Waals surface area contributed by atoms with E-state index in [4.69, 9.17) is 23.2 Å². The van der Waals surface area contributed by atoms with Crippen molar-refractivity contribution in [3.63, 3.8) is 0 Å². The number of benzene rings is 1. The molecule has 1 fully saturated rings. The number of carbonyl (C=O) groups excluding carboxylic acids is 1. The third-order valence-electron chi connectivity index (χ3n) is 3.54. The van der Waals surface area contributed by atoms with E-state index in [9.17, 15) is 4.79 Å². The Bertz CT molecular complexity index is 479. The van der Waals surface area contributed by atoms with Gasteiger partial charge >= 0.3 is 0 Å². The van der Waals surface area contributed by atoms with Crippen molar-refractivity contribution >= 4 is 29.0 Å². The van der Waals surface area contributed by atoms with Gasteiger partial charge in [0.2, 0.25) is 0 Å². The number of Topliss-reactive ketones (excluding diaryl/α,β-unsaturated/α-hetero) is 1. The van der Waals surface area contributed by atoms with Gasteiger partial charge in [-0.3, -0.25) is 9.69 Å². The first-order valence-electron chi connectivity index (χ1n) is 6.38. The van der Waals surface area contributed by atoms with Crippen molar-refractivity contribution in [1.82, 2.24) is 9.80 Å². The fraction of sp³-hybridized carbons (Fsp3) is 0.500. The van der Waals surface area contributed by atoms with Crippen molar-refractivity contribution in [2.75, 3.05) is 33.2 Å². The summed E-state index contributed by atoms with van der Waals surface area (Å²) in [6, 6.07) is 5.39. The molecule has 0 aliphatic carbocycles. The number of rotatable bonds is 3. The summed E-state index contributed by atoms with van der Waals surface area (Å²) in [7, 11) is 2.10. The summed E-state index contributed by atoms with van der Waals surface area (Å²) in [5.41, 5.74) is 0.514. The number of ketones is 1. The SMILES string of the molecule is CC1CN(C)CCN1CC(=O)c1cc(Cl)ccc1Cl. The van der Waals surface area contributed by atoms with E-state index < -0.39 is 0 Å². The third-order valence-corrected chi connectivity index (χ3v) is 4.11. The van der Waals surface area contributed by atoms with Gasteiger partial charge in [-0.15, -0.1) is 0 Å². The molecule has 1 aromatic rings. The Balaban J connectivity index is 2.06. The summed E-state index contributed by atoms with van der Waals surface area (Å²) in [4.78, 5) is 16.8. The summed E-state index contributed by atoms with van der Waals surface area (Å²) >= 11 is 12.0. The number of hydrogen-bond donors (Lipinski definition) is 0. The molecule has 3 nitrogen and oxygen atoms in total. The molecule has 0 amide bonds. The molecule has 1 aliphatic heterocycles. The molecule has 5 heteroatoms. The van der Waals surface area contributed by atoms with Crippen molar-refractivity contribution in [3.8, 4) is 0 Å². The predicted molar refractivity (Wildman–Crippen MR) is 79.3 cm³/mol. The van der Waals surface area contributed by atoms with Crippen molar-refractivity contribution in [2.24, 2.45) is 0 Å². The van der Waals surface area contributed by atoms with Gasteiger partial charge in [0.15, 0.2) is 5.78 Å². The lowest BCUT2D eigenvalue weighted by Gasteiger charge is -2.37. The van der Waals surface area contributed by atoms with Crippen LogP contribution in [0.2, 0.25) is 10.0 Å². The summed E-state index contributed by atoms with van der Waals surface area (Å²) < 4.78 is 0. The number of carbonyl (C=O) groups is 1. The minimum Gasteiger partial charge on any atom is -0.304 e. The molecule has 0 aromatic heterocycles. The van der Waals surface area contributed by atoms with E-state index in [0.717, 1.165) is 19.6 Å². The second kappa shape index (κ2) is 6.23. The minimum absolute atomic E-state index is 0.0314. The lowest BCUT2D eigenvalue weighted by molar-refractivity contribution is 0.0747. The highest BCUT2D eigenvalue weighted by atomic mass is 35.5. The number of nitrogens with zero attached hydrogens (tertiary/aromatic N) is 2. The molecule has 1 saturated heterocycles. The molecular weight excluding hydrogens is 283 g/mol. The van der Waals surface area contributed by atoms with Gasteiger partial charge in [0.25, 0.3) is 0 Å². The van der Waals surface area contributed by atoms with Crippen LogP contribution >= 0.6 is 23.2 Å². The van der Waals surface area contributed by atoms with Crippen molar-refractivity contribution < 1.29 is 4.79 Å². The van der Waals surface area contributed by atoms with Gasteiger partial charge < -0.3 is 4.90 Å². The molecule has 1 unspecified atom stereocenters. The Hall–Kier alpha value is -0.610. The Labute approximate surface area is 124 Å². The van der Waals surface area contributed by atoms with Gasteiger partial charge in [0.1, 0.15) is 0 Å². The van der Waals surface area contributed by atoms with Crippen molar-refractivity contribution in [2.45, 2.75) is 13.0 Å². The fourth-order valence-electron chi connectivity index (χ4n) is 2.39. The van der Waals surface area contributed by atoms with E-state index in [1.54, 1.807) is 18.2 Å². The molecule has 1 atom stereocenters. The van der Waals surface area contributed by atoms with Crippen LogP contribution in [0, 0.1) is 0 Å². The zero-order valence-electron chi connectivity index (χ0n) is 11.2. The summed E-state index contributed by atoms with van der Waals surface area (Å²) in [6.45, 7) is 5.41. The van der Waals surface area contributed by atoms with E-state index in [1.807, 2.05) is 0 Å². The van der Waals surface area contributed by atoms with E-state index in [0.29, 0.717) is 28.2 Å². The van der Waals surface area contributed by atoms with Crippen LogP contribution in [0.4, 0.5) is 0 Å². The smallest absolute Gasteiger partial charge is 0.178 e. The molecule has 1 heterocycles. The van der Waals surface area contributed by atoms with Crippen LogP contribution < -0.4 is 0 Å². The Morgan fingerprint density at radius 3 is 2.79 bits per heavy atom. The Morgan fingerprint density at radius 1 is 1.37 bits per heavy atom. The molecule has 104 valence electrons. The Morgan fingerprint density at radius 2 is 2.11 bits per heavy atom. The van der Waals surface area contributed by atoms with Gasteiger partial charge in [0, 0.05) is 36.3 Å². The molecule has 0 bridgehead atoms. The van der Waals surface area contributed by atoms with E-state index >= 15 is 0 Å². The van der Waals surface area contributed by atoms with Crippen LogP contribution in [0.1, 0.15) is 17.3 Å². The van der Waals surface area contributed by atoms with Crippen LogP contribution in [0.25, 0.3) is 0 Å². The molecule has 1 aliphatic rings. The zero-order valence-corrected chi connectivity index (χ0v) is 12.7. The first-order valence-corrected chi connectivity index (χ1v) is 7.14. The topological polar surface area (TPSA) is 23.6 Å². The van der Waals surface area contributed by atoms with Gasteiger partial charge in [0.05, 0.1) is 11.6 Å². The first kappa shape index (κ1) is 14.8. The highest BCUT2D eigenvalue weighted by molar-refractivity contribution is 6.36. The normalized spacial score (nSPS) is 21.6. The van der Waals surface area contributed by atoms with Crippen molar-refractivity contribution in [1.29, 1.82) is 0 Å². The van der Waals surface area contributed by atoms with Gasteiger partial charge in [-0.05, 0) is 32.2 Å².